The van der Waals surface area contributed by atoms with E-state index in [0.29, 0.717) is 15.1 Å². The summed E-state index contributed by atoms with van der Waals surface area (Å²) in [7, 11) is 0. The summed E-state index contributed by atoms with van der Waals surface area (Å²) in [5.74, 6) is 0.0937. The van der Waals surface area contributed by atoms with Crippen LogP contribution in [0.4, 0.5) is 5.69 Å². The second-order valence-corrected chi connectivity index (χ2v) is 7.31. The summed E-state index contributed by atoms with van der Waals surface area (Å²) in [5, 5.41) is 13.8. The summed E-state index contributed by atoms with van der Waals surface area (Å²) in [6.45, 7) is 5.56. The molecule has 0 spiro atoms. The fourth-order valence-electron chi connectivity index (χ4n) is 2.53. The zero-order valence-corrected chi connectivity index (χ0v) is 15.6. The first-order valence-electron chi connectivity index (χ1n) is 7.70. The maximum absolute atomic E-state index is 12.2. The van der Waals surface area contributed by atoms with E-state index in [1.165, 1.54) is 11.8 Å². The average Bonchev–Trinajstić information content (AvgIpc) is 2.89. The predicted octanol–water partition coefficient (Wildman–Crippen LogP) is 4.86. The molecule has 0 bridgehead atoms. The van der Waals surface area contributed by atoms with Gasteiger partial charge in [0.15, 0.2) is 5.17 Å². The molecule has 1 saturated heterocycles. The molecule has 2 aromatic rings. The van der Waals surface area contributed by atoms with E-state index in [1.807, 2.05) is 51.1 Å². The van der Waals surface area contributed by atoms with E-state index in [0.717, 1.165) is 27.9 Å². The lowest BCUT2D eigenvalue weighted by Gasteiger charge is -2.05. The number of carbonyl (C=O) groups excluding carboxylic acids is 1. The largest absolute Gasteiger partial charge is 0.507 e. The third-order valence-corrected chi connectivity index (χ3v) is 5.24. The number of hydrogen-bond donors (Lipinski definition) is 2. The van der Waals surface area contributed by atoms with Crippen LogP contribution in [0.15, 0.2) is 40.2 Å². The van der Waals surface area contributed by atoms with Gasteiger partial charge >= 0.3 is 0 Å². The van der Waals surface area contributed by atoms with Gasteiger partial charge in [0.25, 0.3) is 5.91 Å². The van der Waals surface area contributed by atoms with Crippen molar-refractivity contribution in [2.24, 2.45) is 4.99 Å². The molecular formula is C19H17ClN2O2S. The number of halogens is 1. The summed E-state index contributed by atoms with van der Waals surface area (Å²) >= 11 is 7.39. The van der Waals surface area contributed by atoms with E-state index < -0.39 is 0 Å². The molecule has 1 heterocycles. The van der Waals surface area contributed by atoms with Gasteiger partial charge in [-0.15, -0.1) is 0 Å². The van der Waals surface area contributed by atoms with Crippen LogP contribution in [0.1, 0.15) is 22.3 Å². The van der Waals surface area contributed by atoms with E-state index in [2.05, 4.69) is 10.3 Å². The number of amidine groups is 1. The minimum Gasteiger partial charge on any atom is -0.507 e. The minimum atomic E-state index is -0.188. The van der Waals surface area contributed by atoms with E-state index in [4.69, 9.17) is 11.6 Å². The number of benzene rings is 2. The number of aliphatic imine (C=N–C) groups is 1. The quantitative estimate of drug-likeness (QED) is 0.740. The Labute approximate surface area is 155 Å². The molecule has 2 aromatic carbocycles. The SMILES string of the molecule is Cc1cc(/C=C2\SC(=Nc3cccc(Cl)c3C)NC2=O)cc(C)c1O. The molecule has 128 valence electrons. The molecule has 3 rings (SSSR count). The first-order chi connectivity index (χ1) is 11.8. The Hall–Kier alpha value is -2.24. The van der Waals surface area contributed by atoms with Crippen molar-refractivity contribution in [3.05, 3.63) is 62.5 Å². The van der Waals surface area contributed by atoms with Gasteiger partial charge in [-0.05, 0) is 85.1 Å². The number of nitrogens with zero attached hydrogens (tertiary/aromatic N) is 1. The van der Waals surface area contributed by atoms with Crippen molar-refractivity contribution in [1.29, 1.82) is 0 Å². The number of nitrogens with one attached hydrogen (secondary N) is 1. The molecule has 2 N–H and O–H groups in total. The van der Waals surface area contributed by atoms with Crippen LogP contribution in [0.3, 0.4) is 0 Å². The Bertz CT molecular complexity index is 912. The number of phenolic OH excluding ortho intramolecular Hbond substituents is 1. The van der Waals surface area contributed by atoms with E-state index >= 15 is 0 Å². The van der Waals surface area contributed by atoms with Gasteiger partial charge < -0.3 is 10.4 Å². The highest BCUT2D eigenvalue weighted by atomic mass is 35.5. The van der Waals surface area contributed by atoms with Gasteiger partial charge in [0.1, 0.15) is 5.75 Å². The van der Waals surface area contributed by atoms with Crippen LogP contribution in [0, 0.1) is 20.8 Å². The summed E-state index contributed by atoms with van der Waals surface area (Å²) in [5.41, 5.74) is 4.02. The zero-order chi connectivity index (χ0) is 18.1. The topological polar surface area (TPSA) is 61.7 Å². The highest BCUT2D eigenvalue weighted by Crippen LogP contribution is 2.32. The summed E-state index contributed by atoms with van der Waals surface area (Å²) in [4.78, 5) is 17.3. The predicted molar refractivity (Wildman–Crippen MR) is 105 cm³/mol. The fourth-order valence-corrected chi connectivity index (χ4v) is 3.54. The van der Waals surface area contributed by atoms with Crippen molar-refractivity contribution in [2.75, 3.05) is 0 Å². The van der Waals surface area contributed by atoms with Crippen molar-refractivity contribution in [1.82, 2.24) is 5.32 Å². The summed E-state index contributed by atoms with van der Waals surface area (Å²) < 4.78 is 0. The van der Waals surface area contributed by atoms with Crippen LogP contribution in [0.2, 0.25) is 5.02 Å². The van der Waals surface area contributed by atoms with Crippen molar-refractivity contribution in [3.63, 3.8) is 0 Å². The normalized spacial score (nSPS) is 17.4. The Balaban J connectivity index is 1.90. The molecule has 0 unspecified atom stereocenters. The highest BCUT2D eigenvalue weighted by molar-refractivity contribution is 8.18. The highest BCUT2D eigenvalue weighted by Gasteiger charge is 2.24. The van der Waals surface area contributed by atoms with Crippen LogP contribution in [-0.4, -0.2) is 16.2 Å². The summed E-state index contributed by atoms with van der Waals surface area (Å²) in [6.07, 6.45) is 1.80. The van der Waals surface area contributed by atoms with Gasteiger partial charge in [0.2, 0.25) is 0 Å². The van der Waals surface area contributed by atoms with Gasteiger partial charge in [-0.1, -0.05) is 17.7 Å². The molecule has 1 aliphatic heterocycles. The lowest BCUT2D eigenvalue weighted by molar-refractivity contribution is -0.115. The Morgan fingerprint density at radius 3 is 2.56 bits per heavy atom. The van der Waals surface area contributed by atoms with Crippen molar-refractivity contribution in [2.45, 2.75) is 20.8 Å². The van der Waals surface area contributed by atoms with Crippen LogP contribution in [0.25, 0.3) is 6.08 Å². The summed E-state index contributed by atoms with van der Waals surface area (Å²) in [6, 6.07) is 9.19. The lowest BCUT2D eigenvalue weighted by atomic mass is 10.1. The Kier molecular flexibility index (Phi) is 4.88. The van der Waals surface area contributed by atoms with Gasteiger partial charge in [0, 0.05) is 5.02 Å². The molecule has 0 atom stereocenters. The average molecular weight is 373 g/mol. The monoisotopic (exact) mass is 372 g/mol. The number of rotatable bonds is 2. The molecule has 0 radical (unpaired) electrons. The molecule has 1 fully saturated rings. The molecule has 25 heavy (non-hydrogen) atoms. The van der Waals surface area contributed by atoms with Gasteiger partial charge in [-0.3, -0.25) is 4.79 Å². The molecule has 0 saturated carbocycles. The van der Waals surface area contributed by atoms with Gasteiger partial charge in [-0.2, -0.15) is 0 Å². The zero-order valence-electron chi connectivity index (χ0n) is 14.1. The smallest absolute Gasteiger partial charge is 0.264 e. The van der Waals surface area contributed by atoms with Crippen LogP contribution in [0.5, 0.6) is 5.75 Å². The molecule has 1 amide bonds. The fraction of sp³-hybridized carbons (Fsp3) is 0.158. The van der Waals surface area contributed by atoms with Crippen LogP contribution in [-0.2, 0) is 4.79 Å². The minimum absolute atomic E-state index is 0.188. The molecule has 6 heteroatoms. The number of aromatic hydroxyl groups is 1. The molecule has 4 nitrogen and oxygen atoms in total. The molecule has 1 aliphatic rings. The van der Waals surface area contributed by atoms with Crippen LogP contribution < -0.4 is 5.32 Å². The number of phenols is 1. The Morgan fingerprint density at radius 2 is 1.88 bits per heavy atom. The first-order valence-corrected chi connectivity index (χ1v) is 8.89. The third kappa shape index (κ3) is 3.72. The van der Waals surface area contributed by atoms with Crippen LogP contribution >= 0.6 is 23.4 Å². The van der Waals surface area contributed by atoms with E-state index in [-0.39, 0.29) is 11.7 Å². The number of thioether (sulfide) groups is 1. The number of amides is 1. The Morgan fingerprint density at radius 1 is 1.20 bits per heavy atom. The maximum Gasteiger partial charge on any atom is 0.264 e. The molecule has 0 aromatic heterocycles. The number of aryl methyl sites for hydroxylation is 2. The second-order valence-electron chi connectivity index (χ2n) is 5.87. The third-order valence-electron chi connectivity index (χ3n) is 3.92. The van der Waals surface area contributed by atoms with E-state index in [9.17, 15) is 9.90 Å². The van der Waals surface area contributed by atoms with Crippen molar-refractivity contribution < 1.29 is 9.90 Å². The standard InChI is InChI=1S/C19H17ClN2O2S/c1-10-7-13(8-11(2)17(10)23)9-16-18(24)22-19(25-16)21-15-6-4-5-14(20)12(15)3/h4-9,23H,1-3H3,(H,21,22,24)/b16-9-. The second kappa shape index (κ2) is 6.94. The maximum atomic E-state index is 12.2. The lowest BCUT2D eigenvalue weighted by Crippen LogP contribution is -2.19. The molecular weight excluding hydrogens is 356 g/mol. The number of hydrogen-bond acceptors (Lipinski definition) is 4. The van der Waals surface area contributed by atoms with Gasteiger partial charge in [0.05, 0.1) is 10.6 Å². The van der Waals surface area contributed by atoms with E-state index in [1.54, 1.807) is 6.08 Å². The molecule has 0 aliphatic carbocycles. The van der Waals surface area contributed by atoms with Crippen molar-refractivity contribution >= 4 is 46.2 Å². The van der Waals surface area contributed by atoms with Gasteiger partial charge in [-0.25, -0.2) is 4.99 Å². The first kappa shape index (κ1) is 17.6. The van der Waals surface area contributed by atoms with Crippen molar-refractivity contribution in [3.8, 4) is 5.75 Å². The number of carbonyl (C=O) groups is 1.